The van der Waals surface area contributed by atoms with Crippen LogP contribution in [0, 0.1) is 0 Å². The van der Waals surface area contributed by atoms with Crippen LogP contribution >= 0.6 is 0 Å². The van der Waals surface area contributed by atoms with E-state index in [1.54, 1.807) is 18.0 Å². The monoisotopic (exact) mass is 693 g/mol. The Labute approximate surface area is 317 Å². The zero-order valence-corrected chi connectivity index (χ0v) is 30.1. The van der Waals surface area contributed by atoms with Crippen molar-refractivity contribution in [3.63, 3.8) is 0 Å². The van der Waals surface area contributed by atoms with Crippen LogP contribution in [0.2, 0.25) is 0 Å². The van der Waals surface area contributed by atoms with Crippen molar-refractivity contribution in [2.75, 3.05) is 0 Å². The van der Waals surface area contributed by atoms with Crippen LogP contribution in [0.3, 0.4) is 0 Å². The van der Waals surface area contributed by atoms with Gasteiger partial charge in [0, 0.05) is 46.9 Å². The summed E-state index contributed by atoms with van der Waals surface area (Å²) in [7, 11) is 0. The fraction of sp³-hybridized carbons (Fsp3) is 0.118. The summed E-state index contributed by atoms with van der Waals surface area (Å²) < 4.78 is 0. The summed E-state index contributed by atoms with van der Waals surface area (Å²) in [5, 5.41) is 0. The molecule has 3 aromatic heterocycles. The van der Waals surface area contributed by atoms with Crippen LogP contribution in [-0.4, -0.2) is 15.0 Å². The molecule has 1 fully saturated rings. The maximum atomic E-state index is 5.12. The van der Waals surface area contributed by atoms with Gasteiger partial charge in [-0.15, -0.1) is 0 Å². The van der Waals surface area contributed by atoms with Crippen LogP contribution in [0.4, 0.5) is 0 Å². The summed E-state index contributed by atoms with van der Waals surface area (Å²) in [6.45, 7) is 0. The van der Waals surface area contributed by atoms with Crippen LogP contribution in [0.15, 0.2) is 176 Å². The van der Waals surface area contributed by atoms with Gasteiger partial charge in [0.05, 0.1) is 11.4 Å². The van der Waals surface area contributed by atoms with Gasteiger partial charge in [-0.2, -0.15) is 0 Å². The van der Waals surface area contributed by atoms with Crippen molar-refractivity contribution in [1.82, 2.24) is 15.0 Å². The average Bonchev–Trinajstić information content (AvgIpc) is 3.52. The zero-order chi connectivity index (χ0) is 35.9. The number of fused-ring (bicyclic) bond motifs is 5. The molecule has 0 unspecified atom stereocenters. The highest BCUT2D eigenvalue weighted by Gasteiger charge is 2.43. The van der Waals surface area contributed by atoms with E-state index in [9.17, 15) is 0 Å². The summed E-state index contributed by atoms with van der Waals surface area (Å²) >= 11 is 0. The van der Waals surface area contributed by atoms with E-state index in [2.05, 4.69) is 149 Å². The molecule has 258 valence electrons. The Morgan fingerprint density at radius 1 is 0.352 bits per heavy atom. The molecule has 0 aliphatic heterocycles. The second-order valence-electron chi connectivity index (χ2n) is 14.8. The predicted molar refractivity (Wildman–Crippen MR) is 222 cm³/mol. The van der Waals surface area contributed by atoms with E-state index in [-0.39, 0.29) is 5.41 Å². The first-order valence-corrected chi connectivity index (χ1v) is 19.1. The van der Waals surface area contributed by atoms with E-state index in [0.717, 1.165) is 39.2 Å². The third-order valence-electron chi connectivity index (χ3n) is 11.7. The predicted octanol–water partition coefficient (Wildman–Crippen LogP) is 13.1. The molecule has 1 spiro atoms. The van der Waals surface area contributed by atoms with Crippen molar-refractivity contribution in [2.45, 2.75) is 37.5 Å². The fourth-order valence-corrected chi connectivity index (χ4v) is 8.96. The normalized spacial score (nSPS) is 14.1. The molecule has 3 heterocycles. The molecule has 1 saturated carbocycles. The highest BCUT2D eigenvalue weighted by atomic mass is 14.7. The first-order valence-electron chi connectivity index (χ1n) is 19.1. The Morgan fingerprint density at radius 2 is 0.889 bits per heavy atom. The van der Waals surface area contributed by atoms with Gasteiger partial charge in [-0.3, -0.25) is 9.97 Å². The summed E-state index contributed by atoms with van der Waals surface area (Å²) in [4.78, 5) is 13.8. The molecule has 0 N–H and O–H groups in total. The zero-order valence-electron chi connectivity index (χ0n) is 30.1. The lowest BCUT2D eigenvalue weighted by atomic mass is 9.67. The quantitative estimate of drug-likeness (QED) is 0.174. The fourth-order valence-electron chi connectivity index (χ4n) is 8.96. The first-order chi connectivity index (χ1) is 26.7. The summed E-state index contributed by atoms with van der Waals surface area (Å²) in [5.41, 5.74) is 19.4. The van der Waals surface area contributed by atoms with Gasteiger partial charge in [-0.05, 0) is 123 Å². The van der Waals surface area contributed by atoms with Crippen molar-refractivity contribution < 1.29 is 0 Å². The minimum absolute atomic E-state index is 0.158. The van der Waals surface area contributed by atoms with Gasteiger partial charge in [0.25, 0.3) is 0 Å². The number of rotatable bonds is 6. The van der Waals surface area contributed by atoms with Crippen LogP contribution in [-0.2, 0) is 5.41 Å². The van der Waals surface area contributed by atoms with Crippen LogP contribution in [0.25, 0.3) is 78.1 Å². The lowest BCUT2D eigenvalue weighted by Crippen LogP contribution is -2.28. The minimum Gasteiger partial charge on any atom is -0.264 e. The van der Waals surface area contributed by atoms with Gasteiger partial charge in [0.2, 0.25) is 0 Å². The van der Waals surface area contributed by atoms with Crippen molar-refractivity contribution in [1.29, 1.82) is 0 Å². The summed E-state index contributed by atoms with van der Waals surface area (Å²) in [6.07, 6.45) is 13.8. The topological polar surface area (TPSA) is 38.7 Å². The maximum Gasteiger partial charge on any atom is 0.0731 e. The Balaban J connectivity index is 0.955. The number of aromatic nitrogens is 3. The molecule has 3 heteroatoms. The molecule has 5 aromatic carbocycles. The van der Waals surface area contributed by atoms with Gasteiger partial charge >= 0.3 is 0 Å². The molecule has 0 saturated heterocycles. The smallest absolute Gasteiger partial charge is 0.0731 e. The Morgan fingerprint density at radius 3 is 1.57 bits per heavy atom. The van der Waals surface area contributed by atoms with Crippen molar-refractivity contribution in [2.24, 2.45) is 0 Å². The molecule has 2 aliphatic rings. The van der Waals surface area contributed by atoms with Crippen molar-refractivity contribution in [3.05, 3.63) is 188 Å². The molecule has 54 heavy (non-hydrogen) atoms. The third kappa shape index (κ3) is 5.74. The molecular formula is C51H39N3. The van der Waals surface area contributed by atoms with Crippen molar-refractivity contribution in [3.8, 4) is 78.1 Å². The number of hydrogen-bond acceptors (Lipinski definition) is 3. The number of benzene rings is 5. The molecule has 8 aromatic rings. The van der Waals surface area contributed by atoms with Gasteiger partial charge in [-0.1, -0.05) is 122 Å². The molecule has 0 amide bonds. The highest BCUT2D eigenvalue weighted by Crippen LogP contribution is 2.56. The van der Waals surface area contributed by atoms with Gasteiger partial charge in [0.1, 0.15) is 0 Å². The van der Waals surface area contributed by atoms with Crippen LogP contribution in [0.1, 0.15) is 43.2 Å². The standard InChI is InChI=1S/C51H39N3/c1-4-24-51(25-5-1)47-17-3-2-16-45(47)46-23-22-40(30-48(46)51)39-12-6-10-37(28-39)35-18-20-36(21-19-35)38-11-7-13-41(29-38)49-31-44(42-14-8-26-52-33-42)32-50(54-49)43-15-9-27-53-34-43/h2-3,6-23,26-34H,1,4-5,24-25H2. The highest BCUT2D eigenvalue weighted by molar-refractivity contribution is 5.85. The van der Waals surface area contributed by atoms with Gasteiger partial charge in [0.15, 0.2) is 0 Å². The lowest BCUT2D eigenvalue weighted by Gasteiger charge is -2.36. The van der Waals surface area contributed by atoms with E-state index >= 15 is 0 Å². The Kier molecular flexibility index (Phi) is 8.06. The molecule has 3 nitrogen and oxygen atoms in total. The second-order valence-corrected chi connectivity index (χ2v) is 14.8. The van der Waals surface area contributed by atoms with Crippen LogP contribution < -0.4 is 0 Å². The molecular weight excluding hydrogens is 655 g/mol. The average molecular weight is 694 g/mol. The molecule has 10 rings (SSSR count). The molecule has 2 aliphatic carbocycles. The summed E-state index contributed by atoms with van der Waals surface area (Å²) in [5.74, 6) is 0. The largest absolute Gasteiger partial charge is 0.264 e. The Bertz CT molecular complexity index is 2560. The van der Waals surface area contributed by atoms with Gasteiger partial charge in [-0.25, -0.2) is 4.98 Å². The number of hydrogen-bond donors (Lipinski definition) is 0. The maximum absolute atomic E-state index is 5.12. The second kappa shape index (κ2) is 13.5. The van der Waals surface area contributed by atoms with Crippen molar-refractivity contribution >= 4 is 0 Å². The number of nitrogens with zero attached hydrogens (tertiary/aromatic N) is 3. The molecule has 0 atom stereocenters. The molecule has 0 radical (unpaired) electrons. The van der Waals surface area contributed by atoms with E-state index in [1.807, 2.05) is 24.5 Å². The van der Waals surface area contributed by atoms with Crippen LogP contribution in [0.5, 0.6) is 0 Å². The van der Waals surface area contributed by atoms with E-state index < -0.39 is 0 Å². The molecule has 0 bridgehead atoms. The van der Waals surface area contributed by atoms with E-state index in [1.165, 1.54) is 76.6 Å². The minimum atomic E-state index is 0.158. The Hall–Kier alpha value is -6.45. The third-order valence-corrected chi connectivity index (χ3v) is 11.7. The first kappa shape index (κ1) is 32.2. The SMILES string of the molecule is c1cncc(-c2cc(-c3cccnc3)nc(-c3cccc(-c4ccc(-c5cccc(-c6ccc7c(c6)C6(CCCCC6)c6ccccc6-7)c5)cc4)c3)c2)c1. The van der Waals surface area contributed by atoms with E-state index in [4.69, 9.17) is 4.98 Å². The lowest BCUT2D eigenvalue weighted by molar-refractivity contribution is 0.353. The van der Waals surface area contributed by atoms with Gasteiger partial charge < -0.3 is 0 Å². The summed E-state index contributed by atoms with van der Waals surface area (Å²) in [6, 6.07) is 55.4. The number of pyridine rings is 3. The van der Waals surface area contributed by atoms with E-state index in [0.29, 0.717) is 0 Å².